The van der Waals surface area contributed by atoms with Crippen LogP contribution in [0.2, 0.25) is 0 Å². The molecule has 1 aliphatic carbocycles. The monoisotopic (exact) mass is 460 g/mol. The van der Waals surface area contributed by atoms with E-state index in [0.29, 0.717) is 34.5 Å². The van der Waals surface area contributed by atoms with E-state index < -0.39 is 5.91 Å². The number of hydrogen-bond acceptors (Lipinski definition) is 7. The predicted molar refractivity (Wildman–Crippen MR) is 125 cm³/mol. The molecule has 7 nitrogen and oxygen atoms in total. The van der Waals surface area contributed by atoms with Crippen LogP contribution in [0.4, 0.5) is 0 Å². The van der Waals surface area contributed by atoms with Crippen molar-refractivity contribution in [1.29, 1.82) is 0 Å². The number of allylic oxidation sites excluding steroid dienone is 1. The van der Waals surface area contributed by atoms with Gasteiger partial charge in [0.15, 0.2) is 5.06 Å². The summed E-state index contributed by atoms with van der Waals surface area (Å²) in [6.07, 6.45) is 9.11. The van der Waals surface area contributed by atoms with Crippen LogP contribution >= 0.6 is 22.9 Å². The van der Waals surface area contributed by atoms with Gasteiger partial charge < -0.3 is 21.1 Å². The fourth-order valence-corrected chi connectivity index (χ4v) is 5.26. The minimum absolute atomic E-state index is 0.160. The van der Waals surface area contributed by atoms with Gasteiger partial charge >= 0.3 is 0 Å². The van der Waals surface area contributed by atoms with E-state index in [9.17, 15) is 9.59 Å². The molecule has 0 fully saturated rings. The zero-order valence-electron chi connectivity index (χ0n) is 18.0. The molecule has 0 atom stereocenters. The van der Waals surface area contributed by atoms with Crippen LogP contribution in [-0.4, -0.2) is 29.3 Å². The van der Waals surface area contributed by atoms with Crippen LogP contribution in [0.1, 0.15) is 54.4 Å². The van der Waals surface area contributed by atoms with Crippen molar-refractivity contribution in [2.24, 2.45) is 5.73 Å². The number of rotatable bonds is 6. The van der Waals surface area contributed by atoms with Gasteiger partial charge in [-0.1, -0.05) is 38.5 Å². The summed E-state index contributed by atoms with van der Waals surface area (Å²) in [5, 5.41) is 6.52. The summed E-state index contributed by atoms with van der Waals surface area (Å²) >= 11 is 2.66. The van der Waals surface area contributed by atoms with Crippen LogP contribution < -0.4 is 21.1 Å². The Bertz CT molecular complexity index is 1020. The Kier molecular flexibility index (Phi) is 7.86. The minimum Gasteiger partial charge on any atom is -0.446 e. The van der Waals surface area contributed by atoms with E-state index in [2.05, 4.69) is 28.9 Å². The number of dihydropyridines is 1. The number of carbonyl (C=O) groups is 2. The molecule has 2 amide bonds. The molecule has 0 saturated heterocycles. The molecule has 4 rings (SSSR count). The van der Waals surface area contributed by atoms with E-state index in [1.165, 1.54) is 29.3 Å². The SMILES string of the molecule is CCC.CCCNC(=O)C1=CC(Oc2sc(C(N)=O)c3c2-c2sncc2CC3)=CCN1. The number of amides is 2. The molecule has 9 heteroatoms. The van der Waals surface area contributed by atoms with E-state index in [1.807, 2.05) is 19.2 Å². The van der Waals surface area contributed by atoms with Crippen LogP contribution in [0, 0.1) is 0 Å². The number of nitrogens with zero attached hydrogens (tertiary/aromatic N) is 1. The van der Waals surface area contributed by atoms with E-state index in [1.54, 1.807) is 6.08 Å². The van der Waals surface area contributed by atoms with Gasteiger partial charge in [0.1, 0.15) is 11.5 Å². The zero-order chi connectivity index (χ0) is 22.4. The highest BCUT2D eigenvalue weighted by atomic mass is 32.1. The molecule has 0 aromatic carbocycles. The van der Waals surface area contributed by atoms with Crippen LogP contribution in [0.25, 0.3) is 10.4 Å². The number of carbonyl (C=O) groups excluding carboxylic acids is 2. The topological polar surface area (TPSA) is 106 Å². The van der Waals surface area contributed by atoms with Gasteiger partial charge in [-0.05, 0) is 48.0 Å². The summed E-state index contributed by atoms with van der Waals surface area (Å²) < 4.78 is 10.4. The molecule has 0 saturated carbocycles. The van der Waals surface area contributed by atoms with Gasteiger partial charge in [-0.25, -0.2) is 4.37 Å². The maximum atomic E-state index is 12.2. The summed E-state index contributed by atoms with van der Waals surface area (Å²) in [5.41, 5.74) is 9.07. The van der Waals surface area contributed by atoms with Crippen molar-refractivity contribution in [3.63, 3.8) is 0 Å². The third kappa shape index (κ3) is 5.16. The maximum absolute atomic E-state index is 12.2. The van der Waals surface area contributed by atoms with Gasteiger partial charge in [0.05, 0.1) is 15.3 Å². The predicted octanol–water partition coefficient (Wildman–Crippen LogP) is 3.76. The van der Waals surface area contributed by atoms with Gasteiger partial charge in [0, 0.05) is 25.4 Å². The van der Waals surface area contributed by atoms with Gasteiger partial charge in [0.2, 0.25) is 0 Å². The Morgan fingerprint density at radius 2 is 2.06 bits per heavy atom. The quantitative estimate of drug-likeness (QED) is 0.609. The summed E-state index contributed by atoms with van der Waals surface area (Å²) in [7, 11) is 0. The van der Waals surface area contributed by atoms with Gasteiger partial charge in [0.25, 0.3) is 11.8 Å². The number of thiophene rings is 1. The van der Waals surface area contributed by atoms with Gasteiger partial charge in [-0.3, -0.25) is 9.59 Å². The molecular formula is C22H28N4O3S2. The van der Waals surface area contributed by atoms with Crippen molar-refractivity contribution in [3.05, 3.63) is 45.8 Å². The number of ether oxygens (including phenoxy) is 1. The molecule has 2 aromatic heterocycles. The minimum atomic E-state index is -0.446. The number of nitrogens with one attached hydrogen (secondary N) is 2. The second-order valence-electron chi connectivity index (χ2n) is 7.23. The number of primary amides is 1. The first-order valence-corrected chi connectivity index (χ1v) is 12.1. The summed E-state index contributed by atoms with van der Waals surface area (Å²) in [4.78, 5) is 25.7. The Balaban J connectivity index is 0.000000858. The smallest absolute Gasteiger partial charge is 0.267 e. The van der Waals surface area contributed by atoms with Crippen molar-refractivity contribution in [1.82, 2.24) is 15.0 Å². The summed E-state index contributed by atoms with van der Waals surface area (Å²) in [5.74, 6) is -0.0394. The second kappa shape index (κ2) is 10.6. The lowest BCUT2D eigenvalue weighted by atomic mass is 9.93. The van der Waals surface area contributed by atoms with E-state index in [0.717, 1.165) is 40.8 Å². The van der Waals surface area contributed by atoms with E-state index in [4.69, 9.17) is 10.5 Å². The highest BCUT2D eigenvalue weighted by molar-refractivity contribution is 7.17. The molecule has 1 aliphatic heterocycles. The Morgan fingerprint density at radius 3 is 2.77 bits per heavy atom. The molecule has 166 valence electrons. The number of aryl methyl sites for hydroxylation is 1. The zero-order valence-corrected chi connectivity index (χ0v) is 19.7. The van der Waals surface area contributed by atoms with Crippen molar-refractivity contribution >= 4 is 34.7 Å². The Labute approximate surface area is 190 Å². The third-order valence-corrected chi connectivity index (χ3v) is 6.57. The number of hydrogen-bond donors (Lipinski definition) is 3. The highest BCUT2D eigenvalue weighted by Crippen LogP contribution is 2.49. The Hall–Kier alpha value is -2.65. The molecule has 31 heavy (non-hydrogen) atoms. The van der Waals surface area contributed by atoms with Crippen LogP contribution in [-0.2, 0) is 17.6 Å². The summed E-state index contributed by atoms with van der Waals surface area (Å²) in [6.45, 7) is 7.36. The molecule has 3 heterocycles. The molecule has 2 aromatic rings. The molecular weight excluding hydrogens is 432 g/mol. The maximum Gasteiger partial charge on any atom is 0.267 e. The first-order valence-electron chi connectivity index (χ1n) is 10.5. The van der Waals surface area contributed by atoms with Crippen molar-refractivity contribution in [2.75, 3.05) is 13.1 Å². The van der Waals surface area contributed by atoms with Gasteiger partial charge in [-0.15, -0.1) is 0 Å². The second-order valence-corrected chi connectivity index (χ2v) is 9.01. The third-order valence-electron chi connectivity index (χ3n) is 4.59. The van der Waals surface area contributed by atoms with Crippen LogP contribution in [0.5, 0.6) is 5.06 Å². The first kappa shape index (κ1) is 23.0. The first-order chi connectivity index (χ1) is 15.0. The molecule has 0 bridgehead atoms. The molecule has 0 unspecified atom stereocenters. The lowest BCUT2D eigenvalue weighted by Gasteiger charge is -2.17. The molecule has 0 radical (unpaired) electrons. The number of aromatic nitrogens is 1. The van der Waals surface area contributed by atoms with E-state index >= 15 is 0 Å². The van der Waals surface area contributed by atoms with Crippen molar-refractivity contribution in [3.8, 4) is 15.5 Å². The van der Waals surface area contributed by atoms with Crippen LogP contribution in [0.15, 0.2) is 29.8 Å². The summed E-state index contributed by atoms with van der Waals surface area (Å²) in [6, 6.07) is 0. The average molecular weight is 461 g/mol. The van der Waals surface area contributed by atoms with Gasteiger partial charge in [-0.2, -0.15) is 0 Å². The molecule has 0 spiro atoms. The fraction of sp³-hybridized carbons (Fsp3) is 0.409. The fourth-order valence-electron chi connectivity index (χ4n) is 3.26. The average Bonchev–Trinajstić information content (AvgIpc) is 3.37. The number of fused-ring (bicyclic) bond motifs is 3. The standard InChI is InChI=1S/C19H20N4O3S2.C3H8/c1-2-6-22-18(25)13-8-11(5-7-21-13)26-19-14-12(16(27-19)17(20)24)4-3-10-9-23-28-15(10)14;1-3-2/h5,8-9,21H,2-4,6-7H2,1H3,(H2,20,24)(H,22,25);3H2,1-2H3. The normalized spacial score (nSPS) is 14.0. The molecule has 4 N–H and O–H groups in total. The van der Waals surface area contributed by atoms with Crippen molar-refractivity contribution < 1.29 is 14.3 Å². The highest BCUT2D eigenvalue weighted by Gasteiger charge is 2.30. The largest absolute Gasteiger partial charge is 0.446 e. The lowest BCUT2D eigenvalue weighted by Crippen LogP contribution is -2.34. The number of nitrogens with two attached hydrogens (primary N) is 1. The molecule has 2 aliphatic rings. The van der Waals surface area contributed by atoms with Crippen molar-refractivity contribution in [2.45, 2.75) is 46.5 Å². The Morgan fingerprint density at radius 1 is 1.29 bits per heavy atom. The lowest BCUT2D eigenvalue weighted by molar-refractivity contribution is -0.117. The van der Waals surface area contributed by atoms with Crippen LogP contribution in [0.3, 0.4) is 0 Å². The van der Waals surface area contributed by atoms with E-state index in [-0.39, 0.29) is 5.91 Å².